The van der Waals surface area contributed by atoms with Crippen LogP contribution in [-0.4, -0.2) is 44.8 Å². The second-order valence-corrected chi connectivity index (χ2v) is 5.85. The van der Waals surface area contributed by atoms with Crippen LogP contribution in [0.25, 0.3) is 10.9 Å². The quantitative estimate of drug-likeness (QED) is 0.943. The van der Waals surface area contributed by atoms with Gasteiger partial charge >= 0.3 is 5.97 Å². The number of fused-ring (bicyclic) bond motifs is 1. The molecule has 0 bridgehead atoms. The standard InChI is InChI=1S/C15H17F2N3O2/c1-19-13-5-3-2-4-11(13)12(18-19)8-20-7-10(14(21)22)6-15(16,17)9-20/h2-5,10H,6-9H2,1H3,(H,21,22). The number of nitrogens with zero attached hydrogens (tertiary/aromatic N) is 3. The number of halogens is 2. The van der Waals surface area contributed by atoms with Gasteiger partial charge in [-0.2, -0.15) is 5.10 Å². The largest absolute Gasteiger partial charge is 0.481 e. The van der Waals surface area contributed by atoms with Crippen LogP contribution in [0.1, 0.15) is 12.1 Å². The maximum atomic E-state index is 13.8. The fraction of sp³-hybridized carbons (Fsp3) is 0.467. The third kappa shape index (κ3) is 2.81. The van der Waals surface area contributed by atoms with Crippen LogP contribution in [0.4, 0.5) is 8.78 Å². The summed E-state index contributed by atoms with van der Waals surface area (Å²) >= 11 is 0. The summed E-state index contributed by atoms with van der Waals surface area (Å²) in [4.78, 5) is 12.6. The zero-order valence-corrected chi connectivity index (χ0v) is 12.2. The van der Waals surface area contributed by atoms with E-state index in [1.807, 2.05) is 24.3 Å². The van der Waals surface area contributed by atoms with Crippen LogP contribution in [0, 0.1) is 5.92 Å². The van der Waals surface area contributed by atoms with Crippen LogP contribution in [0.5, 0.6) is 0 Å². The van der Waals surface area contributed by atoms with E-state index in [9.17, 15) is 13.6 Å². The van der Waals surface area contributed by atoms with Crippen molar-refractivity contribution in [2.45, 2.75) is 18.9 Å². The van der Waals surface area contributed by atoms with E-state index in [0.29, 0.717) is 5.69 Å². The van der Waals surface area contributed by atoms with Gasteiger partial charge in [0.15, 0.2) is 0 Å². The summed E-state index contributed by atoms with van der Waals surface area (Å²) < 4.78 is 29.2. The molecule has 0 spiro atoms. The predicted octanol–water partition coefficient (Wildman–Crippen LogP) is 2.12. The number of rotatable bonds is 3. The molecule has 1 aromatic carbocycles. The highest BCUT2D eigenvalue weighted by molar-refractivity contribution is 5.81. The number of aromatic nitrogens is 2. The highest BCUT2D eigenvalue weighted by Gasteiger charge is 2.43. The van der Waals surface area contributed by atoms with Gasteiger partial charge in [0, 0.05) is 31.9 Å². The molecule has 5 nitrogen and oxygen atoms in total. The third-order valence-electron chi connectivity index (χ3n) is 4.04. The van der Waals surface area contributed by atoms with Crippen LogP contribution in [0.2, 0.25) is 0 Å². The van der Waals surface area contributed by atoms with Crippen molar-refractivity contribution in [2.75, 3.05) is 13.1 Å². The molecular weight excluding hydrogens is 292 g/mol. The Morgan fingerprint density at radius 2 is 2.18 bits per heavy atom. The number of para-hydroxylation sites is 1. The zero-order chi connectivity index (χ0) is 15.9. The Morgan fingerprint density at radius 1 is 1.45 bits per heavy atom. The van der Waals surface area contributed by atoms with Crippen LogP contribution in [-0.2, 0) is 18.4 Å². The minimum Gasteiger partial charge on any atom is -0.481 e. The lowest BCUT2D eigenvalue weighted by Crippen LogP contribution is -2.48. The fourth-order valence-electron chi connectivity index (χ4n) is 3.10. The maximum Gasteiger partial charge on any atom is 0.308 e. The monoisotopic (exact) mass is 309 g/mol. The molecule has 7 heteroatoms. The van der Waals surface area contributed by atoms with Gasteiger partial charge in [0.2, 0.25) is 0 Å². The summed E-state index contributed by atoms with van der Waals surface area (Å²) in [7, 11) is 1.80. The van der Waals surface area contributed by atoms with Crippen LogP contribution in [0.15, 0.2) is 24.3 Å². The number of alkyl halides is 2. The average molecular weight is 309 g/mol. The average Bonchev–Trinajstić information content (AvgIpc) is 2.74. The number of hydrogen-bond acceptors (Lipinski definition) is 3. The number of likely N-dealkylation sites (tertiary alicyclic amines) is 1. The van der Waals surface area contributed by atoms with Crippen molar-refractivity contribution in [3.05, 3.63) is 30.0 Å². The van der Waals surface area contributed by atoms with Crippen molar-refractivity contribution < 1.29 is 18.7 Å². The van der Waals surface area contributed by atoms with Gasteiger partial charge < -0.3 is 5.11 Å². The molecule has 1 unspecified atom stereocenters. The number of hydrogen-bond donors (Lipinski definition) is 1. The van der Waals surface area contributed by atoms with E-state index < -0.39 is 30.8 Å². The molecule has 22 heavy (non-hydrogen) atoms. The number of carbonyl (C=O) groups is 1. The lowest BCUT2D eigenvalue weighted by atomic mass is 9.95. The number of benzene rings is 1. The minimum absolute atomic E-state index is 0.121. The Balaban J connectivity index is 1.86. The summed E-state index contributed by atoms with van der Waals surface area (Å²) in [5.74, 6) is -5.19. The summed E-state index contributed by atoms with van der Waals surface area (Å²) in [5, 5.41) is 14.3. The summed E-state index contributed by atoms with van der Waals surface area (Å²) in [6.07, 6.45) is -0.595. The SMILES string of the molecule is Cn1nc(CN2CC(C(=O)O)CC(F)(F)C2)c2ccccc21. The van der Waals surface area contributed by atoms with Crippen molar-refractivity contribution >= 4 is 16.9 Å². The van der Waals surface area contributed by atoms with Gasteiger partial charge in [-0.1, -0.05) is 18.2 Å². The topological polar surface area (TPSA) is 58.4 Å². The van der Waals surface area contributed by atoms with Gasteiger partial charge in [-0.3, -0.25) is 14.4 Å². The molecule has 2 aromatic rings. The molecule has 1 aliphatic heterocycles. The lowest BCUT2D eigenvalue weighted by molar-refractivity contribution is -0.153. The van der Waals surface area contributed by atoms with Gasteiger partial charge in [-0.15, -0.1) is 0 Å². The van der Waals surface area contributed by atoms with E-state index >= 15 is 0 Å². The van der Waals surface area contributed by atoms with Crippen LogP contribution in [0.3, 0.4) is 0 Å². The van der Waals surface area contributed by atoms with E-state index in [1.165, 1.54) is 4.90 Å². The first-order chi connectivity index (χ1) is 10.4. The van der Waals surface area contributed by atoms with Crippen molar-refractivity contribution in [3.8, 4) is 0 Å². The molecule has 3 rings (SSSR count). The number of carboxylic acid groups (broad SMARTS) is 1. The van der Waals surface area contributed by atoms with Crippen LogP contribution >= 0.6 is 0 Å². The molecule has 118 valence electrons. The Morgan fingerprint density at radius 3 is 2.91 bits per heavy atom. The second-order valence-electron chi connectivity index (χ2n) is 5.85. The van der Waals surface area contributed by atoms with Crippen molar-refractivity contribution in [1.29, 1.82) is 0 Å². The van der Waals surface area contributed by atoms with Crippen molar-refractivity contribution in [1.82, 2.24) is 14.7 Å². The summed E-state index contributed by atoms with van der Waals surface area (Å²) in [6.45, 7) is -0.0851. The number of aliphatic carboxylic acids is 1. The predicted molar refractivity (Wildman–Crippen MR) is 76.7 cm³/mol. The van der Waals surface area contributed by atoms with Gasteiger partial charge in [-0.05, 0) is 6.07 Å². The van der Waals surface area contributed by atoms with Crippen molar-refractivity contribution in [3.63, 3.8) is 0 Å². The molecule has 2 heterocycles. The number of aryl methyl sites for hydroxylation is 1. The van der Waals surface area contributed by atoms with Crippen LogP contribution < -0.4 is 0 Å². The molecule has 1 N–H and O–H groups in total. The molecular formula is C15H17F2N3O2. The summed E-state index contributed by atoms with van der Waals surface area (Å²) in [6, 6.07) is 7.58. The Bertz CT molecular complexity index is 714. The molecule has 0 amide bonds. The fourth-order valence-corrected chi connectivity index (χ4v) is 3.10. The number of carboxylic acids is 1. The third-order valence-corrected chi connectivity index (χ3v) is 4.04. The molecule has 1 saturated heterocycles. The minimum atomic E-state index is -2.98. The van der Waals surface area contributed by atoms with E-state index in [2.05, 4.69) is 5.10 Å². The van der Waals surface area contributed by atoms with Gasteiger partial charge in [0.1, 0.15) is 0 Å². The van der Waals surface area contributed by atoms with Crippen molar-refractivity contribution in [2.24, 2.45) is 13.0 Å². The Labute approximate surface area is 126 Å². The second kappa shape index (κ2) is 5.31. The first kappa shape index (κ1) is 14.9. The number of piperidine rings is 1. The molecule has 0 aliphatic carbocycles. The van der Waals surface area contributed by atoms with E-state index in [-0.39, 0.29) is 13.1 Å². The molecule has 1 aromatic heterocycles. The first-order valence-corrected chi connectivity index (χ1v) is 7.09. The first-order valence-electron chi connectivity index (χ1n) is 7.09. The highest BCUT2D eigenvalue weighted by Crippen LogP contribution is 2.32. The zero-order valence-electron chi connectivity index (χ0n) is 12.2. The summed E-state index contributed by atoms with van der Waals surface area (Å²) in [5.41, 5.74) is 1.62. The molecule has 1 atom stereocenters. The van der Waals surface area contributed by atoms with Gasteiger partial charge in [0.25, 0.3) is 5.92 Å². The maximum absolute atomic E-state index is 13.8. The highest BCUT2D eigenvalue weighted by atomic mass is 19.3. The lowest BCUT2D eigenvalue weighted by Gasteiger charge is -2.35. The Kier molecular flexibility index (Phi) is 3.60. The molecule has 1 aliphatic rings. The van der Waals surface area contributed by atoms with E-state index in [1.54, 1.807) is 11.7 Å². The molecule has 0 radical (unpaired) electrons. The smallest absolute Gasteiger partial charge is 0.308 e. The Hall–Kier alpha value is -2.02. The van der Waals surface area contributed by atoms with Gasteiger partial charge in [-0.25, -0.2) is 8.78 Å². The van der Waals surface area contributed by atoms with E-state index in [4.69, 9.17) is 5.11 Å². The molecule has 1 fully saturated rings. The van der Waals surface area contributed by atoms with Gasteiger partial charge in [0.05, 0.1) is 23.7 Å². The van der Waals surface area contributed by atoms with E-state index in [0.717, 1.165) is 10.9 Å². The molecule has 0 saturated carbocycles. The normalized spacial score (nSPS) is 22.0.